The van der Waals surface area contributed by atoms with Gasteiger partial charge in [-0.3, -0.25) is 14.4 Å². The molecule has 0 saturated heterocycles. The van der Waals surface area contributed by atoms with Crippen molar-refractivity contribution < 1.29 is 39.6 Å². The average molecular weight is 445 g/mol. The molecule has 1 amide bonds. The lowest BCUT2D eigenvalue weighted by Gasteiger charge is -2.18. The van der Waals surface area contributed by atoms with Gasteiger partial charge in [0.15, 0.2) is 11.6 Å². The van der Waals surface area contributed by atoms with Crippen LogP contribution in [0.25, 0.3) is 5.69 Å². The van der Waals surface area contributed by atoms with Gasteiger partial charge in [-0.15, -0.1) is 0 Å². The van der Waals surface area contributed by atoms with Crippen LogP contribution in [-0.4, -0.2) is 60.4 Å². The van der Waals surface area contributed by atoms with Gasteiger partial charge in [0.2, 0.25) is 0 Å². The first-order chi connectivity index (χ1) is 14.9. The number of hydrogen-bond donors (Lipinski definition) is 6. The van der Waals surface area contributed by atoms with Crippen molar-refractivity contribution in [3.8, 4) is 11.8 Å². The molecule has 13 heteroatoms. The van der Waals surface area contributed by atoms with E-state index in [-0.39, 0.29) is 5.96 Å². The fourth-order valence-electron chi connectivity index (χ4n) is 2.38. The van der Waals surface area contributed by atoms with Gasteiger partial charge in [0, 0.05) is 17.4 Å². The van der Waals surface area contributed by atoms with Crippen LogP contribution >= 0.6 is 0 Å². The van der Waals surface area contributed by atoms with Crippen molar-refractivity contribution in [1.82, 2.24) is 4.57 Å². The number of amides is 1. The molecule has 0 radical (unpaired) electrons. The summed E-state index contributed by atoms with van der Waals surface area (Å²) in [6.07, 6.45) is -0.550. The Morgan fingerprint density at radius 3 is 2.09 bits per heavy atom. The van der Waals surface area contributed by atoms with Gasteiger partial charge in [0.25, 0.3) is 5.91 Å². The molecular weight excluding hydrogens is 426 g/mol. The maximum absolute atomic E-state index is 11.7. The highest BCUT2D eigenvalue weighted by molar-refractivity contribution is 6.02. The van der Waals surface area contributed by atoms with Crippen LogP contribution in [0, 0.1) is 11.3 Å². The number of nitrogens with zero attached hydrogens (tertiary/aromatic N) is 3. The molecule has 32 heavy (non-hydrogen) atoms. The highest BCUT2D eigenvalue weighted by atomic mass is 16.4. The molecule has 0 aliphatic rings. The number of carbonyl (C=O) groups is 4. The second kappa shape index (κ2) is 10.9. The zero-order valence-corrected chi connectivity index (χ0v) is 16.4. The molecule has 1 aromatic carbocycles. The lowest BCUT2D eigenvalue weighted by Crippen LogP contribution is -2.42. The first kappa shape index (κ1) is 25.3. The molecule has 0 unspecified atom stereocenters. The van der Waals surface area contributed by atoms with Crippen LogP contribution in [-0.2, 0) is 14.4 Å². The minimum atomic E-state index is -2.74. The van der Waals surface area contributed by atoms with Crippen molar-refractivity contribution in [3.05, 3.63) is 53.9 Å². The minimum Gasteiger partial charge on any atom is -0.481 e. The predicted molar refractivity (Wildman–Crippen MR) is 108 cm³/mol. The Kier molecular flexibility index (Phi) is 8.63. The summed E-state index contributed by atoms with van der Waals surface area (Å²) < 4.78 is 1.67. The number of benzene rings is 1. The van der Waals surface area contributed by atoms with E-state index >= 15 is 0 Å². The van der Waals surface area contributed by atoms with E-state index in [1.165, 1.54) is 0 Å². The molecule has 1 aromatic heterocycles. The van der Waals surface area contributed by atoms with Gasteiger partial charge in [-0.2, -0.15) is 10.3 Å². The monoisotopic (exact) mass is 445 g/mol. The molecule has 168 valence electrons. The number of nitriles is 1. The summed E-state index contributed by atoms with van der Waals surface area (Å²) in [5, 5.41) is 42.8. The summed E-state index contributed by atoms with van der Waals surface area (Å²) >= 11 is 0. The Hall–Kier alpha value is -4.70. The standard InChI is InChI=1S/C13H11N5O.C6H8O7/c14-8-11-5-2-6-18(11)10-4-1-3-9(7-10)12(19)17-13(15)16;7-3(8)1-6(13,5(11)12)2-4(9)10/h1-7H,(H4,15,16,17,19);13H,1-2H2,(H,7,8)(H,9,10)(H,11,12). The SMILES string of the molecule is N#Cc1cccn1-c1cccc(C(=O)N=C(N)N)c1.O=C(O)CC(O)(CC(=O)O)C(=O)O. The van der Waals surface area contributed by atoms with E-state index in [4.69, 9.17) is 37.2 Å². The summed E-state index contributed by atoms with van der Waals surface area (Å²) in [6, 6.07) is 12.2. The molecule has 2 rings (SSSR count). The summed E-state index contributed by atoms with van der Waals surface area (Å²) in [7, 11) is 0. The summed E-state index contributed by atoms with van der Waals surface area (Å²) in [5.74, 6) is -5.82. The number of nitrogens with two attached hydrogens (primary N) is 2. The molecule has 0 aliphatic carbocycles. The van der Waals surface area contributed by atoms with E-state index in [1.54, 1.807) is 47.2 Å². The van der Waals surface area contributed by atoms with Crippen molar-refractivity contribution in [2.45, 2.75) is 18.4 Å². The van der Waals surface area contributed by atoms with Gasteiger partial charge in [-0.05, 0) is 30.3 Å². The highest BCUT2D eigenvalue weighted by Crippen LogP contribution is 2.16. The molecule has 0 atom stereocenters. The minimum absolute atomic E-state index is 0.283. The number of aromatic nitrogens is 1. The number of rotatable bonds is 7. The van der Waals surface area contributed by atoms with Gasteiger partial charge in [0.1, 0.15) is 11.8 Å². The van der Waals surface area contributed by atoms with Crippen LogP contribution in [0.5, 0.6) is 0 Å². The molecule has 13 nitrogen and oxygen atoms in total. The van der Waals surface area contributed by atoms with E-state index in [1.807, 2.05) is 0 Å². The number of aliphatic carboxylic acids is 3. The summed E-state index contributed by atoms with van der Waals surface area (Å²) in [6.45, 7) is 0. The normalized spacial score (nSPS) is 10.1. The number of aliphatic imine (C=N–C) groups is 1. The highest BCUT2D eigenvalue weighted by Gasteiger charge is 2.40. The smallest absolute Gasteiger partial charge is 0.336 e. The third kappa shape index (κ3) is 7.28. The van der Waals surface area contributed by atoms with Crippen LogP contribution in [0.1, 0.15) is 28.9 Å². The van der Waals surface area contributed by atoms with E-state index < -0.39 is 42.3 Å². The van der Waals surface area contributed by atoms with Crippen molar-refractivity contribution in [3.63, 3.8) is 0 Å². The van der Waals surface area contributed by atoms with Gasteiger partial charge >= 0.3 is 17.9 Å². The van der Waals surface area contributed by atoms with Crippen molar-refractivity contribution >= 4 is 29.8 Å². The number of aliphatic hydroxyl groups is 1. The quantitative estimate of drug-likeness (QED) is 0.234. The maximum atomic E-state index is 11.7. The lowest BCUT2D eigenvalue weighted by molar-refractivity contribution is -0.170. The third-order valence-electron chi connectivity index (χ3n) is 3.75. The second-order valence-corrected chi connectivity index (χ2v) is 6.25. The Morgan fingerprint density at radius 1 is 1.03 bits per heavy atom. The average Bonchev–Trinajstić information content (AvgIpc) is 3.15. The fourth-order valence-corrected chi connectivity index (χ4v) is 2.38. The van der Waals surface area contributed by atoms with Crippen LogP contribution in [0.15, 0.2) is 47.6 Å². The van der Waals surface area contributed by atoms with Gasteiger partial charge in [0.05, 0.1) is 12.8 Å². The predicted octanol–water partition coefficient (Wildman–Crippen LogP) is -0.486. The van der Waals surface area contributed by atoms with Gasteiger partial charge < -0.3 is 36.5 Å². The molecule has 8 N–H and O–H groups in total. The van der Waals surface area contributed by atoms with Gasteiger partial charge in [-0.25, -0.2) is 4.79 Å². The molecule has 2 aromatic rings. The molecular formula is C19H19N5O8. The van der Waals surface area contributed by atoms with Crippen molar-refractivity contribution in [2.24, 2.45) is 16.5 Å². The second-order valence-electron chi connectivity index (χ2n) is 6.25. The Bertz CT molecular complexity index is 1080. The zero-order valence-electron chi connectivity index (χ0n) is 16.4. The third-order valence-corrected chi connectivity index (χ3v) is 3.75. The maximum Gasteiger partial charge on any atom is 0.336 e. The van der Waals surface area contributed by atoms with Gasteiger partial charge in [-0.1, -0.05) is 6.07 Å². The molecule has 0 spiro atoms. The number of hydrogen-bond acceptors (Lipinski definition) is 6. The topological polar surface area (TPSA) is 242 Å². The first-order valence-electron chi connectivity index (χ1n) is 8.61. The Labute approximate surface area is 180 Å². The largest absolute Gasteiger partial charge is 0.481 e. The van der Waals surface area contributed by atoms with E-state index in [2.05, 4.69) is 11.1 Å². The molecule has 0 fully saturated rings. The van der Waals surface area contributed by atoms with Crippen LogP contribution < -0.4 is 11.5 Å². The number of carboxylic acid groups (broad SMARTS) is 3. The van der Waals surface area contributed by atoms with Crippen molar-refractivity contribution in [2.75, 3.05) is 0 Å². The molecule has 0 bridgehead atoms. The number of carboxylic acids is 3. The lowest BCUT2D eigenvalue weighted by atomic mass is 9.96. The Balaban J connectivity index is 0.000000347. The van der Waals surface area contributed by atoms with Crippen LogP contribution in [0.3, 0.4) is 0 Å². The van der Waals surface area contributed by atoms with Crippen LogP contribution in [0.4, 0.5) is 0 Å². The van der Waals surface area contributed by atoms with E-state index in [0.717, 1.165) is 0 Å². The van der Waals surface area contributed by atoms with E-state index in [0.29, 0.717) is 16.9 Å². The molecule has 1 heterocycles. The fraction of sp³-hybridized carbons (Fsp3) is 0.158. The number of carbonyl (C=O) groups excluding carboxylic acids is 1. The first-order valence-corrected chi connectivity index (χ1v) is 8.61. The van der Waals surface area contributed by atoms with E-state index in [9.17, 15) is 19.2 Å². The summed E-state index contributed by atoms with van der Waals surface area (Å²) in [4.78, 5) is 45.7. The Morgan fingerprint density at radius 2 is 1.62 bits per heavy atom. The summed E-state index contributed by atoms with van der Waals surface area (Å²) in [5.41, 5.74) is 9.12. The number of guanidine groups is 1. The zero-order chi connectivity index (χ0) is 24.5. The molecule has 0 aliphatic heterocycles. The van der Waals surface area contributed by atoms with Crippen LogP contribution in [0.2, 0.25) is 0 Å². The molecule has 0 saturated carbocycles. The van der Waals surface area contributed by atoms with Crippen molar-refractivity contribution in [1.29, 1.82) is 5.26 Å².